The quantitative estimate of drug-likeness (QED) is 0.790. The van der Waals surface area contributed by atoms with E-state index < -0.39 is 0 Å². The molecule has 0 spiro atoms. The molecular weight excluding hydrogens is 324 g/mol. The highest BCUT2D eigenvalue weighted by Gasteiger charge is 2.25. The summed E-state index contributed by atoms with van der Waals surface area (Å²) in [4.78, 5) is 12.5. The monoisotopic (exact) mass is 340 g/mol. The van der Waals surface area contributed by atoms with Crippen molar-refractivity contribution in [3.63, 3.8) is 0 Å². The van der Waals surface area contributed by atoms with Crippen molar-refractivity contribution >= 4 is 23.5 Å². The van der Waals surface area contributed by atoms with Crippen molar-refractivity contribution < 1.29 is 9.32 Å². The zero-order valence-electron chi connectivity index (χ0n) is 13.4. The molecule has 3 heterocycles. The molecule has 4 rings (SSSR count). The fourth-order valence-corrected chi connectivity index (χ4v) is 3.69. The molecule has 0 aliphatic carbocycles. The van der Waals surface area contributed by atoms with E-state index in [1.54, 1.807) is 29.4 Å². The number of hydrogen-bond donors (Lipinski definition) is 1. The van der Waals surface area contributed by atoms with Crippen molar-refractivity contribution in [3.05, 3.63) is 58.6 Å². The first-order chi connectivity index (χ1) is 11.6. The third-order valence-corrected chi connectivity index (χ3v) is 4.89. The molecule has 0 fully saturated rings. The van der Waals surface area contributed by atoms with Crippen LogP contribution in [-0.4, -0.2) is 20.8 Å². The summed E-state index contributed by atoms with van der Waals surface area (Å²) in [5.41, 5.74) is 4.47. The molecule has 1 aliphatic heterocycles. The van der Waals surface area contributed by atoms with Gasteiger partial charge in [-0.2, -0.15) is 16.9 Å². The normalized spacial score (nSPS) is 13.1. The summed E-state index contributed by atoms with van der Waals surface area (Å²) < 4.78 is 6.79. The molecule has 1 N–H and O–H groups in total. The number of rotatable bonds is 3. The van der Waals surface area contributed by atoms with Crippen LogP contribution in [0.25, 0.3) is 5.69 Å². The van der Waals surface area contributed by atoms with Gasteiger partial charge in [0, 0.05) is 23.1 Å². The molecule has 0 unspecified atom stereocenters. The van der Waals surface area contributed by atoms with Gasteiger partial charge in [0.2, 0.25) is 0 Å². The first-order valence-corrected chi connectivity index (χ1v) is 8.77. The average molecular weight is 340 g/mol. The zero-order valence-corrected chi connectivity index (χ0v) is 14.2. The van der Waals surface area contributed by atoms with Crippen LogP contribution in [0.2, 0.25) is 0 Å². The molecule has 0 atom stereocenters. The Hall–Kier alpha value is -2.54. The molecule has 3 aromatic rings. The number of benzene rings is 1. The first-order valence-electron chi connectivity index (χ1n) is 7.62. The first kappa shape index (κ1) is 15.0. The van der Waals surface area contributed by atoms with E-state index in [0.717, 1.165) is 28.5 Å². The Kier molecular flexibility index (Phi) is 3.65. The van der Waals surface area contributed by atoms with Crippen molar-refractivity contribution in [2.24, 2.45) is 0 Å². The number of nitrogens with one attached hydrogen (secondary N) is 1. The van der Waals surface area contributed by atoms with Crippen molar-refractivity contribution in [2.45, 2.75) is 25.4 Å². The molecule has 1 aliphatic rings. The van der Waals surface area contributed by atoms with Gasteiger partial charge in [0.15, 0.2) is 5.69 Å². The molecular formula is C17H16N4O2S. The Morgan fingerprint density at radius 3 is 2.75 bits per heavy atom. The Bertz CT molecular complexity index is 911. The summed E-state index contributed by atoms with van der Waals surface area (Å²) in [5.74, 6) is 2.73. The van der Waals surface area contributed by atoms with Crippen LogP contribution in [0.15, 0.2) is 34.9 Å². The van der Waals surface area contributed by atoms with Crippen LogP contribution in [0.3, 0.4) is 0 Å². The molecule has 7 heteroatoms. The number of fused-ring (bicyclic) bond motifs is 1. The number of carbonyl (C=O) groups excluding carboxylic acids is 1. The Labute approximate surface area is 143 Å². The summed E-state index contributed by atoms with van der Waals surface area (Å²) in [5, 5.41) is 11.4. The number of carbonyl (C=O) groups is 1. The van der Waals surface area contributed by atoms with Crippen molar-refractivity contribution in [3.8, 4) is 5.69 Å². The molecule has 1 aromatic carbocycles. The fourth-order valence-electron chi connectivity index (χ4n) is 2.66. The summed E-state index contributed by atoms with van der Waals surface area (Å²) in [7, 11) is 0. The van der Waals surface area contributed by atoms with E-state index in [1.165, 1.54) is 5.56 Å². The molecule has 2 aromatic heterocycles. The van der Waals surface area contributed by atoms with E-state index in [9.17, 15) is 4.79 Å². The van der Waals surface area contributed by atoms with Crippen LogP contribution in [-0.2, 0) is 11.5 Å². The highest BCUT2D eigenvalue weighted by atomic mass is 32.2. The minimum atomic E-state index is -0.292. The standard InChI is InChI=1S/C17H16N4O2S/c1-10-3-5-12(6-4-10)21-16(13-8-24-9-15(13)19-21)18-17(22)14-7-11(2)23-20-14/h3-7H,8-9H2,1-2H3,(H,18,22). The molecule has 122 valence electrons. The molecule has 24 heavy (non-hydrogen) atoms. The minimum absolute atomic E-state index is 0.267. The number of nitrogens with zero attached hydrogens (tertiary/aromatic N) is 3. The second-order valence-electron chi connectivity index (χ2n) is 5.79. The predicted octanol–water partition coefficient (Wildman–Crippen LogP) is 3.48. The summed E-state index contributed by atoms with van der Waals surface area (Å²) in [6, 6.07) is 9.69. The van der Waals surface area contributed by atoms with E-state index >= 15 is 0 Å². The summed E-state index contributed by atoms with van der Waals surface area (Å²) in [6.07, 6.45) is 0. The van der Waals surface area contributed by atoms with E-state index in [-0.39, 0.29) is 11.6 Å². The van der Waals surface area contributed by atoms with Gasteiger partial charge in [-0.3, -0.25) is 4.79 Å². The van der Waals surface area contributed by atoms with Crippen molar-refractivity contribution in [2.75, 3.05) is 5.32 Å². The van der Waals surface area contributed by atoms with E-state index in [1.807, 2.05) is 31.2 Å². The van der Waals surface area contributed by atoms with E-state index in [2.05, 4.69) is 15.6 Å². The molecule has 0 bridgehead atoms. The fraction of sp³-hybridized carbons (Fsp3) is 0.235. The van der Waals surface area contributed by atoms with Gasteiger partial charge in [-0.05, 0) is 26.0 Å². The number of thioether (sulfide) groups is 1. The maximum Gasteiger partial charge on any atom is 0.279 e. The van der Waals surface area contributed by atoms with E-state index in [0.29, 0.717) is 11.6 Å². The highest BCUT2D eigenvalue weighted by molar-refractivity contribution is 7.98. The second kappa shape index (κ2) is 5.83. The lowest BCUT2D eigenvalue weighted by atomic mass is 10.2. The van der Waals surface area contributed by atoms with Gasteiger partial charge >= 0.3 is 0 Å². The van der Waals surface area contributed by atoms with E-state index in [4.69, 9.17) is 4.52 Å². The average Bonchev–Trinajstić information content (AvgIpc) is 3.26. The lowest BCUT2D eigenvalue weighted by molar-refractivity contribution is 0.101. The van der Waals surface area contributed by atoms with Crippen molar-refractivity contribution in [1.82, 2.24) is 14.9 Å². The van der Waals surface area contributed by atoms with Gasteiger partial charge in [-0.15, -0.1) is 0 Å². The third kappa shape index (κ3) is 2.60. The number of amides is 1. The lowest BCUT2D eigenvalue weighted by Crippen LogP contribution is -2.16. The second-order valence-corrected chi connectivity index (χ2v) is 6.78. The van der Waals surface area contributed by atoms with Gasteiger partial charge in [0.25, 0.3) is 5.91 Å². The SMILES string of the molecule is Cc1ccc(-n2nc3c(c2NC(=O)c2cc(C)on2)CSC3)cc1. The molecule has 6 nitrogen and oxygen atoms in total. The molecule has 0 radical (unpaired) electrons. The maximum atomic E-state index is 12.5. The third-order valence-electron chi connectivity index (χ3n) is 3.92. The Balaban J connectivity index is 1.73. The maximum absolute atomic E-state index is 12.5. The Morgan fingerprint density at radius 1 is 1.25 bits per heavy atom. The van der Waals surface area contributed by atoms with Gasteiger partial charge in [0.1, 0.15) is 11.6 Å². The van der Waals surface area contributed by atoms with Crippen LogP contribution in [0.1, 0.15) is 33.1 Å². The van der Waals surface area contributed by atoms with Crippen LogP contribution in [0, 0.1) is 13.8 Å². The number of anilines is 1. The predicted molar refractivity (Wildman–Crippen MR) is 92.5 cm³/mol. The zero-order chi connectivity index (χ0) is 16.7. The Morgan fingerprint density at radius 2 is 2.04 bits per heavy atom. The van der Waals surface area contributed by atoms with Gasteiger partial charge in [-0.25, -0.2) is 4.68 Å². The minimum Gasteiger partial charge on any atom is -0.361 e. The van der Waals surface area contributed by atoms with Crippen LogP contribution >= 0.6 is 11.8 Å². The van der Waals surface area contributed by atoms with Gasteiger partial charge in [-0.1, -0.05) is 22.9 Å². The van der Waals surface area contributed by atoms with Crippen molar-refractivity contribution in [1.29, 1.82) is 0 Å². The number of aryl methyl sites for hydroxylation is 2. The van der Waals surface area contributed by atoms with Gasteiger partial charge < -0.3 is 9.84 Å². The molecule has 0 saturated heterocycles. The topological polar surface area (TPSA) is 73.0 Å². The van der Waals surface area contributed by atoms with Crippen LogP contribution < -0.4 is 5.32 Å². The summed E-state index contributed by atoms with van der Waals surface area (Å²) in [6.45, 7) is 3.80. The van der Waals surface area contributed by atoms with Crippen LogP contribution in [0.4, 0.5) is 5.82 Å². The number of aromatic nitrogens is 3. The molecule has 0 saturated carbocycles. The summed E-state index contributed by atoms with van der Waals surface area (Å²) >= 11 is 1.80. The van der Waals surface area contributed by atoms with Crippen LogP contribution in [0.5, 0.6) is 0 Å². The highest BCUT2D eigenvalue weighted by Crippen LogP contribution is 2.36. The largest absolute Gasteiger partial charge is 0.361 e. The van der Waals surface area contributed by atoms with Gasteiger partial charge in [0.05, 0.1) is 11.4 Å². The smallest absolute Gasteiger partial charge is 0.279 e. The lowest BCUT2D eigenvalue weighted by Gasteiger charge is -2.10. The number of hydrogen-bond acceptors (Lipinski definition) is 5. The molecule has 1 amide bonds.